The van der Waals surface area contributed by atoms with Crippen LogP contribution in [0.4, 0.5) is 0 Å². The molecule has 2 rings (SSSR count). The molecule has 0 aliphatic carbocycles. The Hall–Kier alpha value is -1.18. The Bertz CT molecular complexity index is 570. The molecule has 0 radical (unpaired) electrons. The molecular weight excluding hydrogens is 279 g/mol. The highest BCUT2D eigenvalue weighted by atomic mass is 35.5. The number of alkyl halides is 1. The van der Waals surface area contributed by atoms with Gasteiger partial charge in [0.05, 0.1) is 12.5 Å². The van der Waals surface area contributed by atoms with Crippen LogP contribution in [-0.4, -0.2) is 7.11 Å². The minimum absolute atomic E-state index is 0.253. The van der Waals surface area contributed by atoms with Gasteiger partial charge in [0.25, 0.3) is 0 Å². The van der Waals surface area contributed by atoms with Crippen LogP contribution < -0.4 is 4.74 Å². The van der Waals surface area contributed by atoms with Gasteiger partial charge in [0, 0.05) is 5.02 Å². The zero-order chi connectivity index (χ0) is 14.0. The van der Waals surface area contributed by atoms with Gasteiger partial charge in [-0.05, 0) is 42.2 Å². The van der Waals surface area contributed by atoms with Crippen LogP contribution in [0, 0.1) is 13.8 Å². The lowest BCUT2D eigenvalue weighted by Gasteiger charge is -2.16. The van der Waals surface area contributed by atoms with E-state index in [0.717, 1.165) is 28.0 Å². The molecule has 0 amide bonds. The van der Waals surface area contributed by atoms with E-state index in [-0.39, 0.29) is 5.38 Å². The van der Waals surface area contributed by atoms with Crippen molar-refractivity contribution in [2.45, 2.75) is 19.2 Å². The van der Waals surface area contributed by atoms with Crippen LogP contribution in [0.1, 0.15) is 27.6 Å². The van der Waals surface area contributed by atoms with Gasteiger partial charge in [0.15, 0.2) is 0 Å². The van der Waals surface area contributed by atoms with E-state index in [2.05, 4.69) is 0 Å². The molecular formula is C16H16Cl2O. The summed E-state index contributed by atoms with van der Waals surface area (Å²) < 4.78 is 5.37. The molecule has 0 N–H and O–H groups in total. The van der Waals surface area contributed by atoms with Gasteiger partial charge in [0.2, 0.25) is 0 Å². The Labute approximate surface area is 124 Å². The van der Waals surface area contributed by atoms with Gasteiger partial charge < -0.3 is 4.74 Å². The summed E-state index contributed by atoms with van der Waals surface area (Å²) in [6, 6.07) is 11.8. The molecule has 2 aromatic carbocycles. The third-order valence-corrected chi connectivity index (χ3v) is 3.99. The molecule has 3 heteroatoms. The molecule has 0 saturated carbocycles. The van der Waals surface area contributed by atoms with Gasteiger partial charge in [-0.15, -0.1) is 11.6 Å². The Morgan fingerprint density at radius 2 is 1.63 bits per heavy atom. The highest BCUT2D eigenvalue weighted by Crippen LogP contribution is 2.36. The molecule has 2 aromatic rings. The number of ether oxygens (including phenoxy) is 1. The predicted molar refractivity (Wildman–Crippen MR) is 81.6 cm³/mol. The van der Waals surface area contributed by atoms with Crippen molar-refractivity contribution in [1.82, 2.24) is 0 Å². The predicted octanol–water partition coefficient (Wildman–Crippen LogP) is 5.29. The molecule has 0 heterocycles. The van der Waals surface area contributed by atoms with Crippen LogP contribution in [-0.2, 0) is 0 Å². The van der Waals surface area contributed by atoms with Crippen LogP contribution in [0.2, 0.25) is 5.02 Å². The van der Waals surface area contributed by atoms with E-state index in [9.17, 15) is 0 Å². The van der Waals surface area contributed by atoms with E-state index in [0.29, 0.717) is 5.02 Å². The zero-order valence-corrected chi connectivity index (χ0v) is 12.7. The number of rotatable bonds is 3. The highest BCUT2D eigenvalue weighted by Gasteiger charge is 2.16. The zero-order valence-electron chi connectivity index (χ0n) is 11.2. The lowest BCUT2D eigenvalue weighted by atomic mass is 9.99. The quantitative estimate of drug-likeness (QED) is 0.699. The van der Waals surface area contributed by atoms with Crippen molar-refractivity contribution in [3.05, 3.63) is 63.7 Å². The molecule has 100 valence electrons. The molecule has 0 bridgehead atoms. The number of hydrogen-bond donors (Lipinski definition) is 0. The van der Waals surface area contributed by atoms with Crippen molar-refractivity contribution >= 4 is 23.2 Å². The molecule has 0 aliphatic rings. The third kappa shape index (κ3) is 2.88. The minimum Gasteiger partial charge on any atom is -0.496 e. The topological polar surface area (TPSA) is 9.23 Å². The van der Waals surface area contributed by atoms with Crippen molar-refractivity contribution < 1.29 is 4.74 Å². The number of aryl methyl sites for hydroxylation is 2. The maximum Gasteiger partial charge on any atom is 0.124 e. The summed E-state index contributed by atoms with van der Waals surface area (Å²) in [6.07, 6.45) is 0. The summed E-state index contributed by atoms with van der Waals surface area (Å²) in [5.41, 5.74) is 4.12. The Morgan fingerprint density at radius 3 is 2.16 bits per heavy atom. The van der Waals surface area contributed by atoms with Gasteiger partial charge in [-0.25, -0.2) is 0 Å². The van der Waals surface area contributed by atoms with E-state index in [1.54, 1.807) is 7.11 Å². The van der Waals surface area contributed by atoms with E-state index < -0.39 is 0 Å². The average molecular weight is 295 g/mol. The summed E-state index contributed by atoms with van der Waals surface area (Å²) in [5, 5.41) is 0.436. The van der Waals surface area contributed by atoms with Crippen LogP contribution in [0.5, 0.6) is 5.75 Å². The van der Waals surface area contributed by atoms with Crippen molar-refractivity contribution in [2.24, 2.45) is 0 Å². The largest absolute Gasteiger partial charge is 0.496 e. The molecule has 0 spiro atoms. The molecule has 0 aliphatic heterocycles. The fourth-order valence-electron chi connectivity index (χ4n) is 2.31. The molecule has 19 heavy (non-hydrogen) atoms. The second-order valence-electron chi connectivity index (χ2n) is 4.57. The van der Waals surface area contributed by atoms with E-state index in [1.165, 1.54) is 0 Å². The summed E-state index contributed by atoms with van der Waals surface area (Å²) in [4.78, 5) is 0. The molecule has 0 fully saturated rings. The first-order chi connectivity index (χ1) is 9.04. The normalized spacial score (nSPS) is 12.3. The SMILES string of the molecule is COc1c(C)cc(C(Cl)c2ccccc2Cl)cc1C. The van der Waals surface area contributed by atoms with Gasteiger partial charge in [0.1, 0.15) is 5.75 Å². The maximum atomic E-state index is 6.55. The summed E-state index contributed by atoms with van der Waals surface area (Å²) >= 11 is 12.7. The van der Waals surface area contributed by atoms with E-state index in [1.807, 2.05) is 50.2 Å². The monoisotopic (exact) mass is 294 g/mol. The number of methoxy groups -OCH3 is 1. The Kier molecular flexibility index (Phi) is 4.38. The van der Waals surface area contributed by atoms with Gasteiger partial charge in [-0.2, -0.15) is 0 Å². The van der Waals surface area contributed by atoms with E-state index in [4.69, 9.17) is 27.9 Å². The minimum atomic E-state index is -0.253. The van der Waals surface area contributed by atoms with Crippen LogP contribution >= 0.6 is 23.2 Å². The third-order valence-electron chi connectivity index (χ3n) is 3.16. The first kappa shape index (κ1) is 14.2. The molecule has 1 atom stereocenters. The summed E-state index contributed by atoms with van der Waals surface area (Å²) in [6.45, 7) is 4.04. The van der Waals surface area contributed by atoms with Crippen LogP contribution in [0.25, 0.3) is 0 Å². The average Bonchev–Trinajstić information content (AvgIpc) is 2.38. The molecule has 1 unspecified atom stereocenters. The summed E-state index contributed by atoms with van der Waals surface area (Å²) in [7, 11) is 1.68. The van der Waals surface area contributed by atoms with Crippen molar-refractivity contribution in [3.8, 4) is 5.75 Å². The van der Waals surface area contributed by atoms with Crippen molar-refractivity contribution in [3.63, 3.8) is 0 Å². The number of halogens is 2. The van der Waals surface area contributed by atoms with Gasteiger partial charge >= 0.3 is 0 Å². The van der Waals surface area contributed by atoms with Gasteiger partial charge in [-0.1, -0.05) is 41.9 Å². The fraction of sp³-hybridized carbons (Fsp3) is 0.250. The number of benzene rings is 2. The van der Waals surface area contributed by atoms with Crippen LogP contribution in [0.15, 0.2) is 36.4 Å². The second kappa shape index (κ2) is 5.85. The summed E-state index contributed by atoms with van der Waals surface area (Å²) in [5.74, 6) is 0.909. The molecule has 0 aromatic heterocycles. The molecule has 1 nitrogen and oxygen atoms in total. The smallest absolute Gasteiger partial charge is 0.124 e. The lowest BCUT2D eigenvalue weighted by molar-refractivity contribution is 0.408. The second-order valence-corrected chi connectivity index (χ2v) is 5.42. The first-order valence-electron chi connectivity index (χ1n) is 6.08. The standard InChI is InChI=1S/C16H16Cl2O/c1-10-8-12(9-11(2)16(10)19-3)15(18)13-6-4-5-7-14(13)17/h4-9,15H,1-3H3. The van der Waals surface area contributed by atoms with Crippen molar-refractivity contribution in [1.29, 1.82) is 0 Å². The lowest BCUT2D eigenvalue weighted by Crippen LogP contribution is -1.98. The number of hydrogen-bond acceptors (Lipinski definition) is 1. The first-order valence-corrected chi connectivity index (χ1v) is 6.89. The Balaban J connectivity index is 2.45. The Morgan fingerprint density at radius 1 is 1.05 bits per heavy atom. The van der Waals surface area contributed by atoms with Gasteiger partial charge in [-0.3, -0.25) is 0 Å². The fourth-order valence-corrected chi connectivity index (χ4v) is 2.93. The maximum absolute atomic E-state index is 6.55. The van der Waals surface area contributed by atoms with Crippen LogP contribution in [0.3, 0.4) is 0 Å². The molecule has 0 saturated heterocycles. The highest BCUT2D eigenvalue weighted by molar-refractivity contribution is 6.33. The van der Waals surface area contributed by atoms with E-state index >= 15 is 0 Å². The van der Waals surface area contributed by atoms with Crippen molar-refractivity contribution in [2.75, 3.05) is 7.11 Å².